The second-order valence-electron chi connectivity index (χ2n) is 3.12. The third kappa shape index (κ3) is 3.54. The van der Waals surface area contributed by atoms with E-state index in [4.69, 9.17) is 5.11 Å². The number of halogens is 3. The van der Waals surface area contributed by atoms with Gasteiger partial charge in [0.25, 0.3) is 0 Å². The van der Waals surface area contributed by atoms with Crippen molar-refractivity contribution in [1.29, 1.82) is 0 Å². The molecule has 1 aromatic heterocycles. The normalized spacial score (nSPS) is 13.5. The molecule has 0 aliphatic heterocycles. The Kier molecular flexibility index (Phi) is 3.88. The molecule has 0 fully saturated rings. The summed E-state index contributed by atoms with van der Waals surface area (Å²) in [7, 11) is 0. The Morgan fingerprint density at radius 1 is 1.62 bits per heavy atom. The number of carbonyl (C=O) groups is 1. The average Bonchev–Trinajstić information content (AvgIpc) is 2.67. The number of aromatic amines is 1. The van der Waals surface area contributed by atoms with Crippen molar-refractivity contribution < 1.29 is 23.1 Å². The van der Waals surface area contributed by atoms with Crippen molar-refractivity contribution in [2.24, 2.45) is 0 Å². The summed E-state index contributed by atoms with van der Waals surface area (Å²) in [6.07, 6.45) is -2.08. The molecule has 0 aliphatic rings. The SMILES string of the molecule is O=C(N[C@H](CO)Cc1c[nH]cn1)C(F)(F)F. The highest BCUT2D eigenvalue weighted by molar-refractivity contribution is 5.81. The number of hydrogen-bond acceptors (Lipinski definition) is 3. The summed E-state index contributed by atoms with van der Waals surface area (Å²) in [4.78, 5) is 17.0. The van der Waals surface area contributed by atoms with Gasteiger partial charge in [-0.3, -0.25) is 4.79 Å². The molecular formula is C8H10F3N3O2. The van der Waals surface area contributed by atoms with Gasteiger partial charge in [0, 0.05) is 12.6 Å². The van der Waals surface area contributed by atoms with E-state index >= 15 is 0 Å². The largest absolute Gasteiger partial charge is 0.471 e. The number of carbonyl (C=O) groups excluding carboxylic acids is 1. The number of alkyl halides is 3. The molecule has 16 heavy (non-hydrogen) atoms. The lowest BCUT2D eigenvalue weighted by Gasteiger charge is -2.16. The molecule has 5 nitrogen and oxygen atoms in total. The zero-order chi connectivity index (χ0) is 12.2. The Balaban J connectivity index is 2.53. The van der Waals surface area contributed by atoms with Crippen LogP contribution >= 0.6 is 0 Å². The highest BCUT2D eigenvalue weighted by atomic mass is 19.4. The lowest BCUT2D eigenvalue weighted by Crippen LogP contribution is -2.45. The maximum Gasteiger partial charge on any atom is 0.471 e. The molecule has 1 heterocycles. The second kappa shape index (κ2) is 4.97. The molecule has 0 saturated heterocycles. The summed E-state index contributed by atoms with van der Waals surface area (Å²) in [5.74, 6) is -2.07. The van der Waals surface area contributed by atoms with E-state index in [0.717, 1.165) is 0 Å². The van der Waals surface area contributed by atoms with E-state index in [1.54, 1.807) is 5.32 Å². The predicted molar refractivity (Wildman–Crippen MR) is 47.4 cm³/mol. The molecule has 0 radical (unpaired) electrons. The summed E-state index contributed by atoms with van der Waals surface area (Å²) in [6, 6.07) is -1.00. The Morgan fingerprint density at radius 3 is 2.75 bits per heavy atom. The van der Waals surface area contributed by atoms with E-state index in [2.05, 4.69) is 9.97 Å². The summed E-state index contributed by atoms with van der Waals surface area (Å²) in [6.45, 7) is -0.589. The topological polar surface area (TPSA) is 78.0 Å². The summed E-state index contributed by atoms with van der Waals surface area (Å²) < 4.78 is 35.7. The van der Waals surface area contributed by atoms with E-state index in [1.165, 1.54) is 12.5 Å². The number of aliphatic hydroxyl groups excluding tert-OH is 1. The molecular weight excluding hydrogens is 227 g/mol. The lowest BCUT2D eigenvalue weighted by molar-refractivity contribution is -0.174. The first-order valence-corrected chi connectivity index (χ1v) is 4.39. The number of imidazole rings is 1. The van der Waals surface area contributed by atoms with Crippen LogP contribution in [0.2, 0.25) is 0 Å². The van der Waals surface area contributed by atoms with E-state index < -0.39 is 24.7 Å². The van der Waals surface area contributed by atoms with Crippen LogP contribution in [0.5, 0.6) is 0 Å². The minimum absolute atomic E-state index is 0.0296. The molecule has 0 bridgehead atoms. The zero-order valence-electron chi connectivity index (χ0n) is 8.08. The van der Waals surface area contributed by atoms with Gasteiger partial charge in [-0.25, -0.2) is 4.98 Å². The van der Waals surface area contributed by atoms with Crippen LogP contribution in [-0.2, 0) is 11.2 Å². The van der Waals surface area contributed by atoms with Gasteiger partial charge >= 0.3 is 12.1 Å². The molecule has 0 unspecified atom stereocenters. The van der Waals surface area contributed by atoms with Crippen LogP contribution in [0.4, 0.5) is 13.2 Å². The standard InChI is InChI=1S/C8H10F3N3O2/c9-8(10,11)7(16)14-6(3-15)1-5-2-12-4-13-5/h2,4,6,15H,1,3H2,(H,12,13)(H,14,16)/t6-/m0/s1. The van der Waals surface area contributed by atoms with Crippen LogP contribution in [0.15, 0.2) is 12.5 Å². The third-order valence-corrected chi connectivity index (χ3v) is 1.82. The predicted octanol–water partition coefficient (Wildman–Crippen LogP) is -0.00840. The number of amides is 1. The van der Waals surface area contributed by atoms with E-state index in [0.29, 0.717) is 5.69 Å². The van der Waals surface area contributed by atoms with Gasteiger partial charge in [-0.15, -0.1) is 0 Å². The first kappa shape index (κ1) is 12.5. The van der Waals surface area contributed by atoms with Gasteiger partial charge in [0.05, 0.1) is 24.7 Å². The van der Waals surface area contributed by atoms with Crippen LogP contribution in [-0.4, -0.2) is 39.8 Å². The molecule has 1 amide bonds. The maximum absolute atomic E-state index is 11.9. The molecule has 0 aliphatic carbocycles. The van der Waals surface area contributed by atoms with Crippen molar-refractivity contribution in [3.8, 4) is 0 Å². The van der Waals surface area contributed by atoms with Crippen LogP contribution in [0, 0.1) is 0 Å². The minimum Gasteiger partial charge on any atom is -0.394 e. The number of nitrogens with zero attached hydrogens (tertiary/aromatic N) is 1. The molecule has 90 valence electrons. The third-order valence-electron chi connectivity index (χ3n) is 1.82. The molecule has 0 saturated carbocycles. The van der Waals surface area contributed by atoms with Gasteiger partial charge in [-0.2, -0.15) is 13.2 Å². The quantitative estimate of drug-likeness (QED) is 0.689. The van der Waals surface area contributed by atoms with Crippen LogP contribution in [0.3, 0.4) is 0 Å². The number of hydrogen-bond donors (Lipinski definition) is 3. The van der Waals surface area contributed by atoms with Crippen LogP contribution in [0.1, 0.15) is 5.69 Å². The molecule has 1 rings (SSSR count). The Morgan fingerprint density at radius 2 is 2.31 bits per heavy atom. The first-order valence-electron chi connectivity index (χ1n) is 4.39. The van der Waals surface area contributed by atoms with Crippen molar-refractivity contribution >= 4 is 5.91 Å². The van der Waals surface area contributed by atoms with Gasteiger partial charge in [0.1, 0.15) is 0 Å². The van der Waals surface area contributed by atoms with E-state index in [-0.39, 0.29) is 6.42 Å². The Labute approximate surface area is 88.7 Å². The fraction of sp³-hybridized carbons (Fsp3) is 0.500. The number of aromatic nitrogens is 2. The highest BCUT2D eigenvalue weighted by Crippen LogP contribution is 2.14. The summed E-state index contributed by atoms with van der Waals surface area (Å²) in [5, 5.41) is 10.5. The van der Waals surface area contributed by atoms with E-state index in [9.17, 15) is 18.0 Å². The number of H-pyrrole nitrogens is 1. The fourth-order valence-corrected chi connectivity index (χ4v) is 1.08. The van der Waals surface area contributed by atoms with Crippen LogP contribution in [0.25, 0.3) is 0 Å². The summed E-state index contributed by atoms with van der Waals surface area (Å²) in [5.41, 5.74) is 0.460. The maximum atomic E-state index is 11.9. The van der Waals surface area contributed by atoms with Crippen molar-refractivity contribution in [3.05, 3.63) is 18.2 Å². The highest BCUT2D eigenvalue weighted by Gasteiger charge is 2.39. The van der Waals surface area contributed by atoms with Gasteiger partial charge in [0.2, 0.25) is 0 Å². The van der Waals surface area contributed by atoms with Gasteiger partial charge in [-0.05, 0) is 0 Å². The molecule has 3 N–H and O–H groups in total. The second-order valence-corrected chi connectivity index (χ2v) is 3.12. The molecule has 1 atom stereocenters. The lowest BCUT2D eigenvalue weighted by atomic mass is 10.2. The smallest absolute Gasteiger partial charge is 0.394 e. The van der Waals surface area contributed by atoms with Crippen molar-refractivity contribution in [2.75, 3.05) is 6.61 Å². The molecule has 0 aromatic carbocycles. The van der Waals surface area contributed by atoms with E-state index in [1.807, 2.05) is 0 Å². The van der Waals surface area contributed by atoms with Gasteiger partial charge in [-0.1, -0.05) is 0 Å². The minimum atomic E-state index is -4.95. The molecule has 8 heteroatoms. The monoisotopic (exact) mass is 237 g/mol. The summed E-state index contributed by atoms with van der Waals surface area (Å²) >= 11 is 0. The van der Waals surface area contributed by atoms with Crippen molar-refractivity contribution in [2.45, 2.75) is 18.6 Å². The first-order chi connectivity index (χ1) is 7.43. The zero-order valence-corrected chi connectivity index (χ0v) is 8.08. The van der Waals surface area contributed by atoms with Crippen molar-refractivity contribution in [1.82, 2.24) is 15.3 Å². The molecule has 0 spiro atoms. The van der Waals surface area contributed by atoms with Crippen molar-refractivity contribution in [3.63, 3.8) is 0 Å². The fourth-order valence-electron chi connectivity index (χ4n) is 1.08. The Hall–Kier alpha value is -1.57. The van der Waals surface area contributed by atoms with Gasteiger partial charge in [0.15, 0.2) is 0 Å². The molecule has 1 aromatic rings. The average molecular weight is 237 g/mol. The number of rotatable bonds is 4. The van der Waals surface area contributed by atoms with Crippen LogP contribution < -0.4 is 5.32 Å². The Bertz CT molecular complexity index is 337. The van der Waals surface area contributed by atoms with Gasteiger partial charge < -0.3 is 15.4 Å². The number of nitrogens with one attached hydrogen (secondary N) is 2. The number of aliphatic hydroxyl groups is 1.